The molecule has 0 spiro atoms. The van der Waals surface area contributed by atoms with Crippen LogP contribution >= 0.6 is 12.6 Å². The van der Waals surface area contributed by atoms with Crippen LogP contribution < -0.4 is 15.1 Å². The summed E-state index contributed by atoms with van der Waals surface area (Å²) in [6, 6.07) is 19.1. The number of para-hydroxylation sites is 1. The molecule has 1 aromatic heterocycles. The van der Waals surface area contributed by atoms with Crippen molar-refractivity contribution in [3.8, 4) is 0 Å². The Morgan fingerprint density at radius 1 is 0.885 bits per heavy atom. The van der Waals surface area contributed by atoms with E-state index in [-0.39, 0.29) is 5.91 Å². The minimum atomic E-state index is -0.0434. The van der Waals surface area contributed by atoms with Gasteiger partial charge in [0.15, 0.2) is 5.82 Å². The highest BCUT2D eigenvalue weighted by molar-refractivity contribution is 7.80. The Labute approximate surface area is 157 Å². The fourth-order valence-electron chi connectivity index (χ4n) is 3.06. The van der Waals surface area contributed by atoms with Crippen molar-refractivity contribution in [1.82, 2.24) is 4.98 Å². The van der Waals surface area contributed by atoms with E-state index < -0.39 is 0 Å². The van der Waals surface area contributed by atoms with Crippen LogP contribution in [0.1, 0.15) is 10.4 Å². The number of pyridine rings is 1. The van der Waals surface area contributed by atoms with Crippen molar-refractivity contribution in [2.75, 3.05) is 29.2 Å². The van der Waals surface area contributed by atoms with Gasteiger partial charge in [0.1, 0.15) is 5.82 Å². The van der Waals surface area contributed by atoms with Crippen LogP contribution in [0.25, 0.3) is 0 Å². The van der Waals surface area contributed by atoms with Crippen LogP contribution in [-0.2, 0) is 0 Å². The van der Waals surface area contributed by atoms with Gasteiger partial charge in [-0.3, -0.25) is 4.79 Å². The second kappa shape index (κ2) is 6.38. The van der Waals surface area contributed by atoms with E-state index in [1.54, 1.807) is 11.9 Å². The minimum Gasteiger partial charge on any atom is -0.340 e. The van der Waals surface area contributed by atoms with Crippen LogP contribution in [0.5, 0.6) is 0 Å². The number of fused-ring (bicyclic) bond motifs is 2. The van der Waals surface area contributed by atoms with Gasteiger partial charge in [-0.15, -0.1) is 12.6 Å². The van der Waals surface area contributed by atoms with Gasteiger partial charge in [-0.25, -0.2) is 4.98 Å². The van der Waals surface area contributed by atoms with Crippen LogP contribution in [0.2, 0.25) is 0 Å². The Morgan fingerprint density at radius 2 is 1.62 bits per heavy atom. The molecule has 0 saturated heterocycles. The highest BCUT2D eigenvalue weighted by Gasteiger charge is 2.28. The van der Waals surface area contributed by atoms with Crippen LogP contribution in [0, 0.1) is 0 Å². The van der Waals surface area contributed by atoms with Gasteiger partial charge < -0.3 is 15.1 Å². The highest BCUT2D eigenvalue weighted by Crippen LogP contribution is 2.38. The third-order valence-corrected chi connectivity index (χ3v) is 4.77. The third kappa shape index (κ3) is 2.78. The zero-order valence-electron chi connectivity index (χ0n) is 14.5. The molecule has 26 heavy (non-hydrogen) atoms. The van der Waals surface area contributed by atoms with Gasteiger partial charge in [0.25, 0.3) is 5.91 Å². The molecule has 0 bridgehead atoms. The summed E-state index contributed by atoms with van der Waals surface area (Å²) < 4.78 is 0. The largest absolute Gasteiger partial charge is 0.340 e. The van der Waals surface area contributed by atoms with E-state index in [0.29, 0.717) is 11.4 Å². The van der Waals surface area contributed by atoms with Gasteiger partial charge in [0.05, 0.1) is 16.9 Å². The summed E-state index contributed by atoms with van der Waals surface area (Å²) in [5.41, 5.74) is 3.20. The molecule has 3 aromatic rings. The maximum Gasteiger partial charge on any atom is 0.260 e. The van der Waals surface area contributed by atoms with Gasteiger partial charge in [-0.05, 0) is 48.5 Å². The Kier molecular flexibility index (Phi) is 4.05. The number of thiol groups is 1. The number of nitrogens with zero attached hydrogens (tertiary/aromatic N) is 3. The molecule has 130 valence electrons. The molecule has 0 fully saturated rings. The first-order valence-corrected chi connectivity index (χ1v) is 8.67. The molecule has 0 saturated carbocycles. The first-order valence-electron chi connectivity index (χ1n) is 8.22. The van der Waals surface area contributed by atoms with Crippen LogP contribution in [0.3, 0.4) is 0 Å². The maximum atomic E-state index is 12.8. The molecule has 1 aliphatic rings. The number of anilines is 5. The Morgan fingerprint density at radius 3 is 2.38 bits per heavy atom. The number of hydrogen-bond acceptors (Lipinski definition) is 5. The van der Waals surface area contributed by atoms with Crippen LogP contribution in [0.4, 0.5) is 28.7 Å². The molecular formula is C20H18N4OS. The number of nitrogens with one attached hydrogen (secondary N) is 1. The second-order valence-electron chi connectivity index (χ2n) is 6.15. The van der Waals surface area contributed by atoms with Gasteiger partial charge in [-0.2, -0.15) is 0 Å². The molecule has 4 rings (SSSR count). The van der Waals surface area contributed by atoms with Crippen molar-refractivity contribution < 1.29 is 4.79 Å². The molecule has 6 heteroatoms. The van der Waals surface area contributed by atoms with E-state index in [9.17, 15) is 4.79 Å². The number of benzene rings is 2. The average molecular weight is 362 g/mol. The quantitative estimate of drug-likeness (QED) is 0.660. The SMILES string of the molecule is CN1C(=O)c2ccccc2N(C)c2nc(Nc3ccc(S)cc3)ccc21. The lowest BCUT2D eigenvalue weighted by Crippen LogP contribution is -2.25. The molecule has 2 heterocycles. The summed E-state index contributed by atoms with van der Waals surface area (Å²) in [5, 5.41) is 3.30. The molecule has 0 radical (unpaired) electrons. The highest BCUT2D eigenvalue weighted by atomic mass is 32.1. The lowest BCUT2D eigenvalue weighted by atomic mass is 10.1. The number of carbonyl (C=O) groups is 1. The lowest BCUT2D eigenvalue weighted by molar-refractivity contribution is 0.0994. The minimum absolute atomic E-state index is 0.0434. The smallest absolute Gasteiger partial charge is 0.260 e. The summed E-state index contributed by atoms with van der Waals surface area (Å²) in [7, 11) is 3.70. The molecule has 1 aliphatic heterocycles. The monoisotopic (exact) mass is 362 g/mol. The van der Waals surface area contributed by atoms with E-state index >= 15 is 0 Å². The number of aromatic nitrogens is 1. The van der Waals surface area contributed by atoms with E-state index in [1.807, 2.05) is 72.6 Å². The topological polar surface area (TPSA) is 48.5 Å². The summed E-state index contributed by atoms with van der Waals surface area (Å²) in [6.45, 7) is 0. The fraction of sp³-hybridized carbons (Fsp3) is 0.100. The Bertz CT molecular complexity index is 987. The lowest BCUT2D eigenvalue weighted by Gasteiger charge is -2.21. The summed E-state index contributed by atoms with van der Waals surface area (Å²) in [6.07, 6.45) is 0. The number of carbonyl (C=O) groups excluding carboxylic acids is 1. The van der Waals surface area contributed by atoms with Crippen LogP contribution in [-0.4, -0.2) is 25.0 Å². The van der Waals surface area contributed by atoms with E-state index in [0.717, 1.165) is 27.8 Å². The zero-order chi connectivity index (χ0) is 18.3. The second-order valence-corrected chi connectivity index (χ2v) is 6.67. The van der Waals surface area contributed by atoms with Crippen molar-refractivity contribution >= 4 is 47.2 Å². The van der Waals surface area contributed by atoms with Gasteiger partial charge in [0.2, 0.25) is 0 Å². The van der Waals surface area contributed by atoms with Crippen LogP contribution in [0.15, 0.2) is 65.6 Å². The molecule has 0 aliphatic carbocycles. The zero-order valence-corrected chi connectivity index (χ0v) is 15.4. The first-order chi connectivity index (χ1) is 12.5. The predicted octanol–water partition coefficient (Wildman–Crippen LogP) is 4.47. The Hall–Kier alpha value is -2.99. The molecule has 1 N–H and O–H groups in total. The summed E-state index contributed by atoms with van der Waals surface area (Å²) >= 11 is 4.30. The molecule has 2 aromatic carbocycles. The van der Waals surface area contributed by atoms with Crippen molar-refractivity contribution in [2.45, 2.75) is 4.90 Å². The molecule has 0 unspecified atom stereocenters. The maximum absolute atomic E-state index is 12.8. The number of rotatable bonds is 2. The van der Waals surface area contributed by atoms with Gasteiger partial charge in [0, 0.05) is 24.7 Å². The molecule has 5 nitrogen and oxygen atoms in total. The number of amides is 1. The third-order valence-electron chi connectivity index (χ3n) is 4.47. The van der Waals surface area contributed by atoms with E-state index in [1.165, 1.54) is 0 Å². The fourth-order valence-corrected chi connectivity index (χ4v) is 3.21. The van der Waals surface area contributed by atoms with Gasteiger partial charge >= 0.3 is 0 Å². The standard InChI is InChI=1S/C20H18N4OS/c1-23-16-6-4-3-5-15(16)20(25)24(2)17-11-12-18(22-19(17)23)21-13-7-9-14(26)10-8-13/h3-12,26H,1-2H3,(H,21,22). The van der Waals surface area contributed by atoms with Crippen molar-refractivity contribution in [1.29, 1.82) is 0 Å². The van der Waals surface area contributed by atoms with Crippen molar-refractivity contribution in [3.05, 3.63) is 66.2 Å². The molecule has 0 atom stereocenters. The van der Waals surface area contributed by atoms with Crippen molar-refractivity contribution in [2.24, 2.45) is 0 Å². The van der Waals surface area contributed by atoms with Crippen molar-refractivity contribution in [3.63, 3.8) is 0 Å². The summed E-state index contributed by atoms with van der Waals surface area (Å²) in [5.74, 6) is 1.39. The summed E-state index contributed by atoms with van der Waals surface area (Å²) in [4.78, 5) is 22.1. The average Bonchev–Trinajstić information content (AvgIpc) is 2.74. The first kappa shape index (κ1) is 16.5. The predicted molar refractivity (Wildman–Crippen MR) is 108 cm³/mol. The van der Waals surface area contributed by atoms with E-state index in [4.69, 9.17) is 4.98 Å². The Balaban J connectivity index is 1.77. The van der Waals surface area contributed by atoms with Gasteiger partial charge in [-0.1, -0.05) is 12.1 Å². The van der Waals surface area contributed by atoms with E-state index in [2.05, 4.69) is 17.9 Å². The molecule has 1 amide bonds. The molecular weight excluding hydrogens is 344 g/mol. The normalized spacial score (nSPS) is 13.1. The number of hydrogen-bond donors (Lipinski definition) is 2.